The van der Waals surface area contributed by atoms with Crippen LogP contribution in [0.5, 0.6) is 0 Å². The molecule has 0 aromatic carbocycles. The Labute approximate surface area is 620 Å². The van der Waals surface area contributed by atoms with Crippen molar-refractivity contribution in [2.24, 2.45) is 0 Å². The third-order valence-corrected chi connectivity index (χ3v) is 17.5. The third-order valence-electron chi connectivity index (χ3n) is 17.0. The van der Waals surface area contributed by atoms with Crippen molar-refractivity contribution in [1.82, 2.24) is 9.80 Å². The van der Waals surface area contributed by atoms with Crippen LogP contribution in [-0.4, -0.2) is 131 Å². The van der Waals surface area contributed by atoms with Crippen LogP contribution in [0.3, 0.4) is 0 Å². The maximum Gasteiger partial charge on any atom is 0.371 e. The molecule has 2 unspecified atom stereocenters. The van der Waals surface area contributed by atoms with E-state index in [4.69, 9.17) is 9.84 Å². The Hall–Kier alpha value is -3.46. The zero-order valence-corrected chi connectivity index (χ0v) is 68.2. The maximum absolute atomic E-state index is 12.8. The topological polar surface area (TPSA) is 174 Å². The Balaban J connectivity index is -0.000000448. The minimum absolute atomic E-state index is 0.142. The number of carbonyl (C=O) groups excluding carboxylic acids is 3. The number of halogens is 1. The van der Waals surface area contributed by atoms with Crippen molar-refractivity contribution >= 4 is 40.1 Å². The molecule has 0 aromatic rings. The van der Waals surface area contributed by atoms with E-state index in [9.17, 15) is 34.5 Å². The summed E-state index contributed by atoms with van der Waals surface area (Å²) in [7, 11) is 7.64. The van der Waals surface area contributed by atoms with Gasteiger partial charge < -0.3 is 39.7 Å². The number of hydrogen-bond donors (Lipinski definition) is 4. The van der Waals surface area contributed by atoms with E-state index in [1.54, 1.807) is 6.92 Å². The van der Waals surface area contributed by atoms with Crippen molar-refractivity contribution in [2.75, 3.05) is 53.2 Å². The van der Waals surface area contributed by atoms with Crippen LogP contribution < -0.4 is 0 Å². The largest absolute Gasteiger partial charge is 0.481 e. The molecule has 13 heteroatoms. The minimum atomic E-state index is -0.981. The summed E-state index contributed by atoms with van der Waals surface area (Å²) in [5.74, 6) is -1.73. The Kier molecular flexibility index (Phi) is 89.6. The first-order valence-electron chi connectivity index (χ1n) is 40.4. The number of ether oxygens (including phenoxy) is 2. The molecule has 0 aromatic heterocycles. The van der Waals surface area contributed by atoms with Gasteiger partial charge in [-0.2, -0.15) is 0 Å². The number of aliphatic hydroxyl groups is 3. The lowest BCUT2D eigenvalue weighted by Crippen LogP contribution is -2.45. The molecule has 582 valence electrons. The van der Waals surface area contributed by atoms with Crippen LogP contribution in [0.1, 0.15) is 364 Å². The van der Waals surface area contributed by atoms with Crippen LogP contribution in [-0.2, 0) is 28.7 Å². The Morgan fingerprint density at radius 1 is 0.394 bits per heavy atom. The number of carboxylic acids is 1. The van der Waals surface area contributed by atoms with Gasteiger partial charge in [-0.3, -0.25) is 14.4 Å². The average Bonchev–Trinajstić information content (AvgIpc) is 0.859. The lowest BCUT2D eigenvalue weighted by atomic mass is 9.83. The highest BCUT2D eigenvalue weighted by Gasteiger charge is 2.38. The summed E-state index contributed by atoms with van der Waals surface area (Å²) in [4.78, 5) is 45.8. The number of aldehydes is 1. The average molecular weight is 1460 g/mol. The molecule has 0 aliphatic heterocycles. The summed E-state index contributed by atoms with van der Waals surface area (Å²) in [5, 5.41) is 43.7. The number of alkyl halides is 1. The summed E-state index contributed by atoms with van der Waals surface area (Å²) >= 11 is 3.37. The molecule has 0 saturated heterocycles. The summed E-state index contributed by atoms with van der Waals surface area (Å²) in [6.07, 6.45) is 82.0. The number of aliphatic carboxylic acids is 1. The van der Waals surface area contributed by atoms with E-state index in [1.165, 1.54) is 141 Å². The fourth-order valence-electron chi connectivity index (χ4n) is 10.7. The second-order valence-corrected chi connectivity index (χ2v) is 28.2. The molecule has 0 spiro atoms. The number of unbranched alkanes of at least 4 members (excludes halogenated alkanes) is 26. The zero-order chi connectivity index (χ0) is 74.8. The van der Waals surface area contributed by atoms with Crippen molar-refractivity contribution in [1.29, 1.82) is 0 Å². The number of nitrogens with zero attached hydrogens (tertiary/aromatic N) is 2. The van der Waals surface area contributed by atoms with Gasteiger partial charge in [-0.05, 0) is 241 Å². The Bertz CT molecular complexity index is 1860. The molecule has 0 heterocycles. The smallest absolute Gasteiger partial charge is 0.371 e. The van der Waals surface area contributed by atoms with Crippen LogP contribution in [0.2, 0.25) is 0 Å². The summed E-state index contributed by atoms with van der Waals surface area (Å²) in [6, 6.07) is 0. The van der Waals surface area contributed by atoms with Gasteiger partial charge in [0.15, 0.2) is 0 Å². The monoisotopic (exact) mass is 1460 g/mol. The summed E-state index contributed by atoms with van der Waals surface area (Å²) in [6.45, 7) is 18.8. The van der Waals surface area contributed by atoms with Gasteiger partial charge in [-0.1, -0.05) is 239 Å². The number of carbonyl (C=O) groups is 4. The molecule has 0 amide bonds. The van der Waals surface area contributed by atoms with Crippen molar-refractivity contribution in [2.45, 2.75) is 387 Å². The molecule has 0 saturated carbocycles. The van der Waals surface area contributed by atoms with Crippen LogP contribution in [0.15, 0.2) is 85.1 Å². The molecule has 99 heavy (non-hydrogen) atoms. The number of carboxylic acid groups (broad SMARTS) is 1. The Morgan fingerprint density at radius 2 is 0.677 bits per heavy atom. The van der Waals surface area contributed by atoms with Gasteiger partial charge >= 0.3 is 17.9 Å². The molecule has 0 aliphatic rings. The first-order chi connectivity index (χ1) is 47.8. The van der Waals surface area contributed by atoms with Gasteiger partial charge in [0.1, 0.15) is 11.7 Å². The molecular weight excluding hydrogens is 1300 g/mol. The molecule has 2 atom stereocenters. The Morgan fingerprint density at radius 3 is 0.949 bits per heavy atom. The molecular formula is C86H161BrN2O10. The normalized spacial score (nSPS) is 12.5. The second-order valence-electron chi connectivity index (χ2n) is 27.4. The van der Waals surface area contributed by atoms with E-state index in [0.717, 1.165) is 121 Å². The van der Waals surface area contributed by atoms with Gasteiger partial charge in [0.2, 0.25) is 6.29 Å². The lowest BCUT2D eigenvalue weighted by Gasteiger charge is -2.36. The molecule has 0 aliphatic carbocycles. The van der Waals surface area contributed by atoms with E-state index < -0.39 is 35.3 Å². The van der Waals surface area contributed by atoms with Gasteiger partial charge in [-0.15, -0.1) is 0 Å². The van der Waals surface area contributed by atoms with Gasteiger partial charge in [0.05, 0.1) is 31.2 Å². The van der Waals surface area contributed by atoms with Crippen molar-refractivity contribution in [3.05, 3.63) is 85.1 Å². The van der Waals surface area contributed by atoms with Gasteiger partial charge in [0.25, 0.3) is 0 Å². The highest BCUT2D eigenvalue weighted by atomic mass is 79.9. The highest BCUT2D eigenvalue weighted by molar-refractivity contribution is 9.09. The minimum Gasteiger partial charge on any atom is -0.481 e. The predicted molar refractivity (Wildman–Crippen MR) is 432 cm³/mol. The van der Waals surface area contributed by atoms with Crippen molar-refractivity contribution < 1.29 is 49.1 Å². The molecule has 12 nitrogen and oxygen atoms in total. The number of hydrogen-bond acceptors (Lipinski definition) is 11. The molecule has 4 N–H and O–H groups in total. The number of rotatable bonds is 64. The van der Waals surface area contributed by atoms with Crippen molar-refractivity contribution in [3.63, 3.8) is 0 Å². The first-order valence-corrected chi connectivity index (χ1v) is 41.5. The summed E-state index contributed by atoms with van der Waals surface area (Å²) < 4.78 is 10.3. The van der Waals surface area contributed by atoms with E-state index >= 15 is 0 Å². The highest BCUT2D eigenvalue weighted by Crippen LogP contribution is 2.32. The SMILES string of the molecule is CCCC/C=C\CCBr.CCCCC/C=C\CCCC(O)C(O)(CCC/C=C\CCCCC)CCC/C=C\CCCCC.CCCCC/C=C\CCCC(OC(=O)CCN(C)C)C(O)(CCC/C=C\CCCCC)CCC/C=C\CCCCC.CCOC(=O)C=O.CN(C)CCC(=O)O. The van der Waals surface area contributed by atoms with Crippen molar-refractivity contribution in [3.8, 4) is 0 Å². The van der Waals surface area contributed by atoms with E-state index in [2.05, 4.69) is 154 Å². The van der Waals surface area contributed by atoms with Crippen LogP contribution in [0, 0.1) is 0 Å². The number of esters is 2. The first kappa shape index (κ1) is 104. The molecule has 0 rings (SSSR count). The lowest BCUT2D eigenvalue weighted by molar-refractivity contribution is -0.169. The second kappa shape index (κ2) is 85.2. The maximum atomic E-state index is 12.8. The molecule has 0 radical (unpaired) electrons. The van der Waals surface area contributed by atoms with E-state index in [1.807, 2.05) is 38.0 Å². The van der Waals surface area contributed by atoms with Crippen LogP contribution in [0.25, 0.3) is 0 Å². The fraction of sp³-hybridized carbons (Fsp3) is 0.791. The van der Waals surface area contributed by atoms with Crippen LogP contribution in [0.4, 0.5) is 0 Å². The van der Waals surface area contributed by atoms with Gasteiger partial charge in [-0.25, -0.2) is 4.79 Å². The number of allylic oxidation sites excluding steroid dienone is 14. The fourth-order valence-corrected chi connectivity index (χ4v) is 11.0. The predicted octanol–water partition coefficient (Wildman–Crippen LogP) is 23.8. The number of aliphatic hydroxyl groups excluding tert-OH is 1. The van der Waals surface area contributed by atoms with Crippen LogP contribution >= 0.6 is 15.9 Å². The van der Waals surface area contributed by atoms with E-state index in [-0.39, 0.29) is 25.3 Å². The molecule has 0 fully saturated rings. The standard InChI is InChI=1S/C37H69NO3.C32H60O2.C8H15Br.C5H11NO2.C4H6O3/c1-6-9-12-15-18-21-24-27-30-35(41-36(39)31-34-38(4)5)37(40,32-28-25-22-19-16-13-10-7-2)33-29-26-23-20-17-14-11-8-3;1-4-7-10-13-16-19-22-25-28-31(33)32(34,29-26-23-20-17-14-11-8-5-2)30-27-24-21-18-15-12-9-6-3;1-2-3-4-5-6-7-8-9;1-6(2)4-3-5(7)8;1-2-7-4(6)3-5/h18-23,35,40H,6-17,24-34H2,1-5H3;16-21,31,33-34H,4-15,22-30H2,1-3H3;5-6H,2-4,7-8H2,1H3;3-4H2,1-2H3,(H,7,8);3H,2H2,1H3/b21-18-,22-19-,23-20-;19-16-,20-17-,21-18-;6-5-;;. The van der Waals surface area contributed by atoms with Gasteiger partial charge in [0, 0.05) is 18.4 Å². The quantitative estimate of drug-likeness (QED) is 0.0113. The molecule has 0 bridgehead atoms. The zero-order valence-electron chi connectivity index (χ0n) is 66.6. The third kappa shape index (κ3) is 85.1. The van der Waals surface area contributed by atoms with E-state index in [0.29, 0.717) is 58.0 Å². The summed E-state index contributed by atoms with van der Waals surface area (Å²) in [5.41, 5.74) is -1.93.